The summed E-state index contributed by atoms with van der Waals surface area (Å²) in [5.74, 6) is 0.691. The highest BCUT2D eigenvalue weighted by molar-refractivity contribution is 6.63. The van der Waals surface area contributed by atoms with Gasteiger partial charge in [-0.2, -0.15) is 0 Å². The molecule has 0 nitrogen and oxygen atoms in total. The van der Waals surface area contributed by atoms with Gasteiger partial charge in [-0.3, -0.25) is 0 Å². The summed E-state index contributed by atoms with van der Waals surface area (Å²) in [7, 11) is 23.4. The second-order valence-electron chi connectivity index (χ2n) is 13.0. The molecule has 0 aromatic carbocycles. The van der Waals surface area contributed by atoms with Crippen molar-refractivity contribution in [3.63, 3.8) is 0 Å². The molecule has 0 aromatic rings. The van der Waals surface area contributed by atoms with Crippen LogP contribution < -0.4 is 0 Å². The van der Waals surface area contributed by atoms with Crippen molar-refractivity contribution in [2.24, 2.45) is 5.41 Å². The van der Waals surface area contributed by atoms with Gasteiger partial charge in [-0.15, -0.1) is 0 Å². The fourth-order valence-corrected chi connectivity index (χ4v) is 7.49. The second-order valence-corrected chi connectivity index (χ2v) is 13.0. The Bertz CT molecular complexity index is 519. The summed E-state index contributed by atoms with van der Waals surface area (Å²) in [5.41, 5.74) is 0.397. The Morgan fingerprint density at radius 1 is 0.786 bits per heavy atom. The monoisotopic (exact) mass is 374 g/mol. The summed E-state index contributed by atoms with van der Waals surface area (Å²) in [4.78, 5) is 0. The summed E-state index contributed by atoms with van der Waals surface area (Å²) in [6.07, 6.45) is 11.0. The zero-order valence-corrected chi connectivity index (χ0v) is 22.2. The van der Waals surface area contributed by atoms with E-state index in [0.717, 1.165) is 0 Å². The van der Waals surface area contributed by atoms with E-state index in [1.54, 1.807) is 0 Å². The zero-order valence-electron chi connectivity index (χ0n) is 22.2. The smallest absolute Gasteiger partial charge is 0.0969 e. The van der Waals surface area contributed by atoms with Crippen LogP contribution in [0, 0.1) is 5.41 Å². The molecule has 0 heterocycles. The molecule has 9 heteroatoms. The van der Waals surface area contributed by atoms with Gasteiger partial charge in [-0.25, -0.2) is 0 Å². The molecule has 0 aliphatic heterocycles. The third-order valence-electron chi connectivity index (χ3n) is 11.9. The first-order valence-electron chi connectivity index (χ1n) is 12.5. The first-order chi connectivity index (χ1) is 12.5. The van der Waals surface area contributed by atoms with Gasteiger partial charge < -0.3 is 0 Å². The lowest BCUT2D eigenvalue weighted by molar-refractivity contribution is 0.160. The SMILES string of the molecule is BC1C(B)(B)C(B)(B)C(B)(C)C1(B)C(B)(B)C(C)(CCCCC)CCCCC. The molecule has 0 bridgehead atoms. The van der Waals surface area contributed by atoms with Crippen LogP contribution in [-0.4, -0.2) is 70.6 Å². The van der Waals surface area contributed by atoms with E-state index in [1.807, 2.05) is 0 Å². The molecule has 1 saturated carbocycles. The van der Waals surface area contributed by atoms with Crippen LogP contribution in [0.4, 0.5) is 0 Å². The zero-order chi connectivity index (χ0) is 22.2. The Balaban J connectivity index is 3.51. The molecule has 1 rings (SSSR count). The van der Waals surface area contributed by atoms with Crippen molar-refractivity contribution in [2.45, 2.75) is 111 Å². The minimum Gasteiger partial charge on any atom is -0.0969 e. The standard InChI is InChI=1S/C19H47B9/c1-5-7-9-11-14(3,12-10-8-6-2)18(25,26)16(22)13(20)17(23,24)19(27,28)15(16,4)21/h13H,5-12,20-28H2,1-4H3. The van der Waals surface area contributed by atoms with Crippen LogP contribution in [-0.2, 0) is 0 Å². The van der Waals surface area contributed by atoms with Crippen molar-refractivity contribution >= 4 is 70.6 Å². The Hall–Kier alpha value is 0.584. The van der Waals surface area contributed by atoms with Crippen molar-refractivity contribution in [1.29, 1.82) is 0 Å². The quantitative estimate of drug-likeness (QED) is 0.318. The van der Waals surface area contributed by atoms with Crippen molar-refractivity contribution in [3.8, 4) is 0 Å². The van der Waals surface area contributed by atoms with Crippen molar-refractivity contribution in [3.05, 3.63) is 0 Å². The predicted octanol–water partition coefficient (Wildman–Crippen LogP) is -1.66. The van der Waals surface area contributed by atoms with Crippen molar-refractivity contribution < 1.29 is 0 Å². The average Bonchev–Trinajstić information content (AvgIpc) is 2.65. The predicted molar refractivity (Wildman–Crippen MR) is 156 cm³/mol. The molecule has 0 N–H and O–H groups in total. The van der Waals surface area contributed by atoms with E-state index in [2.05, 4.69) is 98.3 Å². The summed E-state index contributed by atoms with van der Waals surface area (Å²) < 4.78 is 0. The van der Waals surface area contributed by atoms with Crippen LogP contribution in [0.2, 0.25) is 32.1 Å². The Morgan fingerprint density at radius 3 is 1.46 bits per heavy atom. The minimum atomic E-state index is 0.281. The molecule has 150 valence electrons. The fourth-order valence-electron chi connectivity index (χ4n) is 7.49. The molecule has 0 saturated heterocycles. The number of hydrogen-bond donors (Lipinski definition) is 0. The van der Waals surface area contributed by atoms with E-state index in [9.17, 15) is 0 Å². The molecule has 28 heavy (non-hydrogen) atoms. The van der Waals surface area contributed by atoms with Gasteiger partial charge >= 0.3 is 0 Å². The highest BCUT2D eigenvalue weighted by atomic mass is 14.6. The van der Waals surface area contributed by atoms with Crippen molar-refractivity contribution in [1.82, 2.24) is 0 Å². The van der Waals surface area contributed by atoms with E-state index in [-0.39, 0.29) is 10.5 Å². The van der Waals surface area contributed by atoms with Gasteiger partial charge in [0.1, 0.15) is 23.5 Å². The molecular weight excluding hydrogens is 326 g/mol. The maximum Gasteiger partial charge on any atom is 0.107 e. The molecule has 1 aliphatic rings. The summed E-state index contributed by atoms with van der Waals surface area (Å²) >= 11 is 0. The van der Waals surface area contributed by atoms with Gasteiger partial charge in [0.15, 0.2) is 0 Å². The highest BCUT2D eigenvalue weighted by Gasteiger charge is 2.71. The van der Waals surface area contributed by atoms with E-state index < -0.39 is 0 Å². The molecule has 0 aromatic heterocycles. The van der Waals surface area contributed by atoms with Crippen LogP contribution in [0.3, 0.4) is 0 Å². The van der Waals surface area contributed by atoms with Gasteiger partial charge in [0.25, 0.3) is 0 Å². The first-order valence-corrected chi connectivity index (χ1v) is 12.5. The molecule has 0 amide bonds. The van der Waals surface area contributed by atoms with Crippen LogP contribution >= 0.6 is 0 Å². The number of unbranched alkanes of at least 4 members (excludes halogenated alkanes) is 4. The highest BCUT2D eigenvalue weighted by Crippen LogP contribution is 2.89. The summed E-state index contributed by atoms with van der Waals surface area (Å²) in [5, 5.41) is 1.49. The van der Waals surface area contributed by atoms with Crippen LogP contribution in [0.25, 0.3) is 0 Å². The van der Waals surface area contributed by atoms with Gasteiger partial charge in [-0.05, 0) is 18.3 Å². The Labute approximate surface area is 187 Å². The van der Waals surface area contributed by atoms with Crippen LogP contribution in [0.15, 0.2) is 0 Å². The minimum absolute atomic E-state index is 0.281. The van der Waals surface area contributed by atoms with Gasteiger partial charge in [0.05, 0.1) is 47.1 Å². The Morgan fingerprint density at radius 2 is 1.18 bits per heavy atom. The third kappa shape index (κ3) is 3.59. The van der Waals surface area contributed by atoms with Crippen LogP contribution in [0.1, 0.15) is 79.1 Å². The Kier molecular flexibility index (Phi) is 8.19. The topological polar surface area (TPSA) is 0 Å². The van der Waals surface area contributed by atoms with Crippen molar-refractivity contribution in [2.75, 3.05) is 0 Å². The molecule has 0 radical (unpaired) electrons. The normalized spacial score (nSPS) is 32.4. The molecule has 0 spiro atoms. The van der Waals surface area contributed by atoms with E-state index >= 15 is 0 Å². The largest absolute Gasteiger partial charge is 0.107 e. The lowest BCUT2D eigenvalue weighted by Gasteiger charge is -2.64. The summed E-state index contributed by atoms with van der Waals surface area (Å²) in [6.45, 7) is 9.94. The van der Waals surface area contributed by atoms with E-state index in [0.29, 0.717) is 27.0 Å². The maximum atomic E-state index is 2.67. The molecule has 3 unspecified atom stereocenters. The fraction of sp³-hybridized carbons (Fsp3) is 1.00. The first kappa shape index (κ1) is 26.6. The lowest BCUT2D eigenvalue weighted by atomic mass is 9.17. The molecular formula is C19H47B9. The average molecular weight is 373 g/mol. The third-order valence-corrected chi connectivity index (χ3v) is 11.9. The number of rotatable bonds is 10. The maximum absolute atomic E-state index is 2.67. The van der Waals surface area contributed by atoms with Gasteiger partial charge in [0, 0.05) is 0 Å². The van der Waals surface area contributed by atoms with Gasteiger partial charge in [0.2, 0.25) is 0 Å². The summed E-state index contributed by atoms with van der Waals surface area (Å²) in [6, 6.07) is 0. The molecule has 3 atom stereocenters. The number of hydrogen-bond acceptors (Lipinski definition) is 0. The second kappa shape index (κ2) is 8.61. The molecule has 1 fully saturated rings. The van der Waals surface area contributed by atoms with E-state index in [4.69, 9.17) is 0 Å². The molecule has 1 aliphatic carbocycles. The lowest BCUT2D eigenvalue weighted by Crippen LogP contribution is -2.50. The van der Waals surface area contributed by atoms with Crippen LogP contribution in [0.5, 0.6) is 0 Å². The van der Waals surface area contributed by atoms with E-state index in [1.165, 1.54) is 51.4 Å². The van der Waals surface area contributed by atoms with Gasteiger partial charge in [-0.1, -0.05) is 98.3 Å².